The van der Waals surface area contributed by atoms with E-state index in [0.29, 0.717) is 30.8 Å². The minimum Gasteiger partial charge on any atom is -0.355 e. The second kappa shape index (κ2) is 6.74. The number of piperidine rings is 1. The second-order valence-corrected chi connectivity index (χ2v) is 4.81. The van der Waals surface area contributed by atoms with E-state index in [1.54, 1.807) is 24.3 Å². The highest BCUT2D eigenvalue weighted by molar-refractivity contribution is 5.94. The Morgan fingerprint density at radius 3 is 2.29 bits per heavy atom. The Labute approximate surface area is 122 Å². The van der Waals surface area contributed by atoms with Gasteiger partial charge in [-0.3, -0.25) is 9.59 Å². The number of hydrogen-bond acceptors (Lipinski definition) is 3. The van der Waals surface area contributed by atoms with Gasteiger partial charge < -0.3 is 21.3 Å². The van der Waals surface area contributed by atoms with Crippen LogP contribution in [0.25, 0.3) is 0 Å². The van der Waals surface area contributed by atoms with Gasteiger partial charge in [0.1, 0.15) is 0 Å². The van der Waals surface area contributed by atoms with Gasteiger partial charge in [0.15, 0.2) is 0 Å². The van der Waals surface area contributed by atoms with Crippen LogP contribution in [0.4, 0.5) is 16.2 Å². The summed E-state index contributed by atoms with van der Waals surface area (Å²) in [6.45, 7) is 0.376. The molecule has 4 N–H and O–H groups in total. The fraction of sp³-hybridized carbons (Fsp3) is 0.357. The lowest BCUT2D eigenvalue weighted by Crippen LogP contribution is -2.40. The third-order valence-electron chi connectivity index (χ3n) is 3.27. The maximum atomic E-state index is 12.0. The molecule has 1 unspecified atom stereocenters. The van der Waals surface area contributed by atoms with Gasteiger partial charge in [0, 0.05) is 31.4 Å². The number of rotatable bonds is 3. The summed E-state index contributed by atoms with van der Waals surface area (Å²) in [7, 11) is 1.53. The summed E-state index contributed by atoms with van der Waals surface area (Å²) in [5.41, 5.74) is 1.29. The highest BCUT2D eigenvalue weighted by atomic mass is 16.2. The molecule has 1 heterocycles. The van der Waals surface area contributed by atoms with Crippen molar-refractivity contribution in [2.75, 3.05) is 24.2 Å². The molecule has 2 rings (SSSR count). The Balaban J connectivity index is 1.89. The van der Waals surface area contributed by atoms with Gasteiger partial charge in [0.2, 0.25) is 11.8 Å². The van der Waals surface area contributed by atoms with Crippen molar-refractivity contribution in [2.45, 2.75) is 12.8 Å². The lowest BCUT2D eigenvalue weighted by molar-refractivity contribution is -0.126. The average molecular weight is 290 g/mol. The summed E-state index contributed by atoms with van der Waals surface area (Å²) >= 11 is 0. The van der Waals surface area contributed by atoms with E-state index in [1.165, 1.54) is 7.05 Å². The summed E-state index contributed by atoms with van der Waals surface area (Å²) in [6, 6.07) is 6.53. The van der Waals surface area contributed by atoms with E-state index in [9.17, 15) is 14.4 Å². The molecule has 1 atom stereocenters. The number of benzene rings is 1. The van der Waals surface area contributed by atoms with Crippen LogP contribution in [-0.4, -0.2) is 31.4 Å². The largest absolute Gasteiger partial charge is 0.355 e. The van der Waals surface area contributed by atoms with Crippen LogP contribution in [0, 0.1) is 5.92 Å². The van der Waals surface area contributed by atoms with E-state index >= 15 is 0 Å². The fourth-order valence-corrected chi connectivity index (χ4v) is 2.03. The Hall–Kier alpha value is -2.57. The number of hydrogen-bond donors (Lipinski definition) is 4. The van der Waals surface area contributed by atoms with Crippen molar-refractivity contribution >= 4 is 29.2 Å². The number of carbonyl (C=O) groups is 3. The van der Waals surface area contributed by atoms with Crippen LogP contribution in [0.2, 0.25) is 0 Å². The Morgan fingerprint density at radius 1 is 1.14 bits per heavy atom. The standard InChI is InChI=1S/C14H18N4O3/c1-15-14(21)18-11-5-3-10(4-6-11)17-13(20)9-2-7-12(19)16-8-9/h3-6,9H,2,7-8H2,1H3,(H,16,19)(H,17,20)(H2,15,18,21). The summed E-state index contributed by atoms with van der Waals surface area (Å²) in [6.07, 6.45) is 0.945. The first-order chi connectivity index (χ1) is 10.1. The maximum Gasteiger partial charge on any atom is 0.318 e. The molecule has 7 heteroatoms. The Morgan fingerprint density at radius 2 is 1.76 bits per heavy atom. The van der Waals surface area contributed by atoms with Gasteiger partial charge in [-0.15, -0.1) is 0 Å². The molecule has 1 aromatic rings. The minimum atomic E-state index is -0.301. The number of anilines is 2. The number of nitrogens with one attached hydrogen (secondary N) is 4. The molecular formula is C14H18N4O3. The number of amides is 4. The Bertz CT molecular complexity index is 532. The first-order valence-corrected chi connectivity index (χ1v) is 6.75. The lowest BCUT2D eigenvalue weighted by atomic mass is 9.98. The van der Waals surface area contributed by atoms with Crippen LogP contribution in [0.1, 0.15) is 12.8 Å². The molecule has 1 saturated heterocycles. The number of carbonyl (C=O) groups excluding carboxylic acids is 3. The van der Waals surface area contributed by atoms with E-state index in [1.807, 2.05) is 0 Å². The van der Waals surface area contributed by atoms with Crippen molar-refractivity contribution in [3.8, 4) is 0 Å². The van der Waals surface area contributed by atoms with Crippen molar-refractivity contribution in [3.63, 3.8) is 0 Å². The summed E-state index contributed by atoms with van der Waals surface area (Å²) in [5.74, 6) is -0.322. The van der Waals surface area contributed by atoms with Crippen LogP contribution >= 0.6 is 0 Å². The van der Waals surface area contributed by atoms with E-state index in [4.69, 9.17) is 0 Å². The summed E-state index contributed by atoms with van der Waals surface area (Å²) in [5, 5.41) is 10.6. The van der Waals surface area contributed by atoms with Crippen molar-refractivity contribution in [2.24, 2.45) is 5.92 Å². The molecule has 0 radical (unpaired) electrons. The molecule has 0 aromatic heterocycles. The van der Waals surface area contributed by atoms with Gasteiger partial charge in [-0.25, -0.2) is 4.79 Å². The van der Waals surface area contributed by atoms with E-state index in [-0.39, 0.29) is 23.8 Å². The zero-order valence-electron chi connectivity index (χ0n) is 11.7. The summed E-state index contributed by atoms with van der Waals surface area (Å²) in [4.78, 5) is 34.2. The Kier molecular flexibility index (Phi) is 4.76. The van der Waals surface area contributed by atoms with E-state index in [2.05, 4.69) is 21.3 Å². The molecule has 21 heavy (non-hydrogen) atoms. The van der Waals surface area contributed by atoms with Gasteiger partial charge in [-0.1, -0.05) is 0 Å². The van der Waals surface area contributed by atoms with Crippen LogP contribution in [-0.2, 0) is 9.59 Å². The molecule has 0 aliphatic carbocycles. The van der Waals surface area contributed by atoms with Gasteiger partial charge in [-0.05, 0) is 30.7 Å². The molecule has 1 aliphatic rings. The second-order valence-electron chi connectivity index (χ2n) is 4.81. The molecule has 0 saturated carbocycles. The average Bonchev–Trinajstić information content (AvgIpc) is 2.49. The molecule has 0 spiro atoms. The monoisotopic (exact) mass is 290 g/mol. The zero-order valence-corrected chi connectivity index (χ0v) is 11.7. The van der Waals surface area contributed by atoms with Crippen molar-refractivity contribution < 1.29 is 14.4 Å². The molecule has 4 amide bonds. The quantitative estimate of drug-likeness (QED) is 0.665. The van der Waals surface area contributed by atoms with Crippen molar-refractivity contribution in [1.29, 1.82) is 0 Å². The predicted octanol–water partition coefficient (Wildman–Crippen LogP) is 0.903. The molecule has 1 aromatic carbocycles. The molecule has 7 nitrogen and oxygen atoms in total. The lowest BCUT2D eigenvalue weighted by Gasteiger charge is -2.21. The van der Waals surface area contributed by atoms with Gasteiger partial charge in [0.05, 0.1) is 5.92 Å². The highest BCUT2D eigenvalue weighted by Crippen LogP contribution is 2.17. The SMILES string of the molecule is CNC(=O)Nc1ccc(NC(=O)C2CCC(=O)NC2)cc1. The van der Waals surface area contributed by atoms with E-state index < -0.39 is 0 Å². The smallest absolute Gasteiger partial charge is 0.318 e. The first kappa shape index (κ1) is 14.8. The van der Waals surface area contributed by atoms with Crippen LogP contribution in [0.3, 0.4) is 0 Å². The number of urea groups is 1. The molecular weight excluding hydrogens is 272 g/mol. The molecule has 1 fully saturated rings. The van der Waals surface area contributed by atoms with Gasteiger partial charge >= 0.3 is 6.03 Å². The summed E-state index contributed by atoms with van der Waals surface area (Å²) < 4.78 is 0. The normalized spacial score (nSPS) is 17.6. The first-order valence-electron chi connectivity index (χ1n) is 6.75. The zero-order chi connectivity index (χ0) is 15.2. The van der Waals surface area contributed by atoms with Gasteiger partial charge in [0.25, 0.3) is 0 Å². The minimum absolute atomic E-state index is 0.0105. The predicted molar refractivity (Wildman–Crippen MR) is 78.9 cm³/mol. The van der Waals surface area contributed by atoms with E-state index in [0.717, 1.165) is 0 Å². The van der Waals surface area contributed by atoms with Crippen LogP contribution in [0.5, 0.6) is 0 Å². The maximum absolute atomic E-state index is 12.0. The van der Waals surface area contributed by atoms with Gasteiger partial charge in [-0.2, -0.15) is 0 Å². The molecule has 0 bridgehead atoms. The van der Waals surface area contributed by atoms with Crippen molar-refractivity contribution in [3.05, 3.63) is 24.3 Å². The van der Waals surface area contributed by atoms with Crippen LogP contribution in [0.15, 0.2) is 24.3 Å². The van der Waals surface area contributed by atoms with Crippen LogP contribution < -0.4 is 21.3 Å². The fourth-order valence-electron chi connectivity index (χ4n) is 2.03. The third-order valence-corrected chi connectivity index (χ3v) is 3.27. The topological polar surface area (TPSA) is 99.3 Å². The molecule has 1 aliphatic heterocycles. The highest BCUT2D eigenvalue weighted by Gasteiger charge is 2.24. The molecule has 112 valence electrons. The van der Waals surface area contributed by atoms with Crippen molar-refractivity contribution in [1.82, 2.24) is 10.6 Å². The third kappa shape index (κ3) is 4.20.